The average molecular weight is 211 g/mol. The second kappa shape index (κ2) is 2.86. The summed E-state index contributed by atoms with van der Waals surface area (Å²) in [7, 11) is 1.93. The summed E-state index contributed by atoms with van der Waals surface area (Å²) >= 11 is 0. The van der Waals surface area contributed by atoms with Gasteiger partial charge in [0.2, 0.25) is 9.05 Å². The summed E-state index contributed by atoms with van der Waals surface area (Å²) in [4.78, 5) is 0. The summed E-state index contributed by atoms with van der Waals surface area (Å²) in [5.41, 5.74) is 0. The summed E-state index contributed by atoms with van der Waals surface area (Å²) in [5, 5.41) is -0.343. The number of hydrogen-bond acceptors (Lipinski definition) is 3. The Hall–Kier alpha value is 0.200. The van der Waals surface area contributed by atoms with Gasteiger partial charge in [-0.25, -0.2) is 8.42 Å². The molecule has 3 nitrogen and oxygen atoms in total. The summed E-state index contributed by atoms with van der Waals surface area (Å²) in [6.45, 7) is 0.774. The third-order valence-electron chi connectivity index (χ3n) is 2.80. The van der Waals surface area contributed by atoms with Crippen molar-refractivity contribution in [2.24, 2.45) is 5.92 Å². The molecular weight excluding hydrogens is 200 g/mol. The minimum atomic E-state index is -3.34. The highest BCUT2D eigenvalue weighted by atomic mass is 35.7. The van der Waals surface area contributed by atoms with Crippen LogP contribution < -0.4 is 0 Å². The van der Waals surface area contributed by atoms with Crippen molar-refractivity contribution in [1.82, 2.24) is 0 Å². The number of ether oxygens (including phenoxy) is 1. The molecule has 0 aromatic rings. The molecule has 2 fully saturated rings. The van der Waals surface area contributed by atoms with E-state index in [2.05, 4.69) is 0 Å². The van der Waals surface area contributed by atoms with E-state index in [1.54, 1.807) is 0 Å². The molecule has 0 spiro atoms. The lowest BCUT2D eigenvalue weighted by molar-refractivity contribution is -0.0786. The van der Waals surface area contributed by atoms with Gasteiger partial charge >= 0.3 is 0 Å². The Labute approximate surface area is 76.5 Å². The van der Waals surface area contributed by atoms with Gasteiger partial charge in [0.1, 0.15) is 0 Å². The standard InChI is InChI=1S/C7H11ClO3S/c8-12(9,10)7-4-6-5(7)2-1-3-11-6/h5-7H,1-4H2. The highest BCUT2D eigenvalue weighted by Gasteiger charge is 2.49. The van der Waals surface area contributed by atoms with Gasteiger partial charge in [0, 0.05) is 23.2 Å². The summed E-state index contributed by atoms with van der Waals surface area (Å²) < 4.78 is 27.3. The van der Waals surface area contributed by atoms with Crippen LogP contribution in [0.15, 0.2) is 0 Å². The fraction of sp³-hybridized carbons (Fsp3) is 1.00. The van der Waals surface area contributed by atoms with Crippen molar-refractivity contribution in [1.29, 1.82) is 0 Å². The molecule has 0 aromatic heterocycles. The Kier molecular flexibility index (Phi) is 2.09. The van der Waals surface area contributed by atoms with Crippen LogP contribution in [-0.4, -0.2) is 26.4 Å². The lowest BCUT2D eigenvalue weighted by atomic mass is 9.77. The number of halogens is 1. The van der Waals surface area contributed by atoms with Crippen LogP contribution in [0, 0.1) is 5.92 Å². The summed E-state index contributed by atoms with van der Waals surface area (Å²) in [6, 6.07) is 0. The lowest BCUT2D eigenvalue weighted by Crippen LogP contribution is -2.52. The van der Waals surface area contributed by atoms with Crippen molar-refractivity contribution in [3.8, 4) is 0 Å². The molecule has 3 unspecified atom stereocenters. The van der Waals surface area contributed by atoms with Gasteiger partial charge in [-0.2, -0.15) is 0 Å². The Morgan fingerprint density at radius 1 is 1.42 bits per heavy atom. The van der Waals surface area contributed by atoms with Crippen LogP contribution in [-0.2, 0) is 13.8 Å². The molecule has 3 atom stereocenters. The highest BCUT2D eigenvalue weighted by molar-refractivity contribution is 8.14. The van der Waals surface area contributed by atoms with Crippen LogP contribution in [0.1, 0.15) is 19.3 Å². The van der Waals surface area contributed by atoms with Crippen molar-refractivity contribution in [3.05, 3.63) is 0 Å². The van der Waals surface area contributed by atoms with Crippen LogP contribution in [0.25, 0.3) is 0 Å². The minimum absolute atomic E-state index is 0.164. The molecule has 0 aromatic carbocycles. The maximum absolute atomic E-state index is 11.0. The van der Waals surface area contributed by atoms with Crippen molar-refractivity contribution in [3.63, 3.8) is 0 Å². The van der Waals surface area contributed by atoms with E-state index in [0.717, 1.165) is 19.4 Å². The molecule has 0 bridgehead atoms. The van der Waals surface area contributed by atoms with Crippen LogP contribution >= 0.6 is 10.7 Å². The zero-order valence-corrected chi connectivity index (χ0v) is 8.14. The second-order valence-electron chi connectivity index (χ2n) is 3.47. The fourth-order valence-corrected chi connectivity index (χ4v) is 3.83. The molecule has 2 aliphatic rings. The van der Waals surface area contributed by atoms with E-state index in [9.17, 15) is 8.42 Å². The van der Waals surface area contributed by atoms with E-state index in [1.165, 1.54) is 0 Å². The molecule has 1 saturated carbocycles. The van der Waals surface area contributed by atoms with Crippen LogP contribution in [0.5, 0.6) is 0 Å². The quantitative estimate of drug-likeness (QED) is 0.610. The maximum atomic E-state index is 11.0. The third kappa shape index (κ3) is 1.36. The van der Waals surface area contributed by atoms with Crippen molar-refractivity contribution in [2.75, 3.05) is 6.61 Å². The number of hydrogen-bond donors (Lipinski definition) is 0. The van der Waals surface area contributed by atoms with Crippen LogP contribution in [0.4, 0.5) is 0 Å². The smallest absolute Gasteiger partial charge is 0.235 e. The van der Waals surface area contributed by atoms with E-state index in [-0.39, 0.29) is 17.3 Å². The molecule has 0 N–H and O–H groups in total. The molecule has 5 heteroatoms. The topological polar surface area (TPSA) is 43.4 Å². The fourth-order valence-electron chi connectivity index (χ4n) is 2.06. The minimum Gasteiger partial charge on any atom is -0.378 e. The second-order valence-corrected chi connectivity index (χ2v) is 6.31. The largest absolute Gasteiger partial charge is 0.378 e. The first-order chi connectivity index (χ1) is 5.59. The van der Waals surface area contributed by atoms with Crippen molar-refractivity contribution < 1.29 is 13.2 Å². The first-order valence-corrected chi connectivity index (χ1v) is 6.51. The van der Waals surface area contributed by atoms with Crippen LogP contribution in [0.2, 0.25) is 0 Å². The van der Waals surface area contributed by atoms with Gasteiger partial charge in [-0.1, -0.05) is 0 Å². The van der Waals surface area contributed by atoms with E-state index in [4.69, 9.17) is 15.4 Å². The lowest BCUT2D eigenvalue weighted by Gasteiger charge is -2.45. The molecule has 1 aliphatic carbocycles. The normalized spacial score (nSPS) is 41.6. The molecule has 70 valence electrons. The van der Waals surface area contributed by atoms with Gasteiger partial charge in [-0.3, -0.25) is 0 Å². The van der Waals surface area contributed by atoms with Crippen molar-refractivity contribution >= 4 is 19.7 Å². The molecule has 1 saturated heterocycles. The van der Waals surface area contributed by atoms with E-state index < -0.39 is 9.05 Å². The zero-order valence-electron chi connectivity index (χ0n) is 6.57. The predicted octanol–water partition coefficient (Wildman–Crippen LogP) is 1.12. The maximum Gasteiger partial charge on any atom is 0.235 e. The molecule has 2 rings (SSSR count). The van der Waals surface area contributed by atoms with E-state index >= 15 is 0 Å². The van der Waals surface area contributed by atoms with Crippen molar-refractivity contribution in [2.45, 2.75) is 30.6 Å². The monoisotopic (exact) mass is 210 g/mol. The molecule has 0 amide bonds. The van der Waals surface area contributed by atoms with E-state index in [0.29, 0.717) is 6.42 Å². The SMILES string of the molecule is O=S(=O)(Cl)C1CC2OCCCC21. The molecule has 0 radical (unpaired) electrons. The summed E-state index contributed by atoms with van der Waals surface area (Å²) in [6.07, 6.45) is 2.67. The van der Waals surface area contributed by atoms with Gasteiger partial charge in [-0.15, -0.1) is 0 Å². The van der Waals surface area contributed by atoms with E-state index in [1.807, 2.05) is 0 Å². The Balaban J connectivity index is 2.06. The highest BCUT2D eigenvalue weighted by Crippen LogP contribution is 2.42. The van der Waals surface area contributed by atoms with Gasteiger partial charge < -0.3 is 4.74 Å². The molecule has 1 heterocycles. The van der Waals surface area contributed by atoms with Crippen LogP contribution in [0.3, 0.4) is 0 Å². The van der Waals surface area contributed by atoms with Gasteiger partial charge in [0.25, 0.3) is 0 Å². The molecular formula is C7H11ClO3S. The Morgan fingerprint density at radius 3 is 2.75 bits per heavy atom. The third-order valence-corrected chi connectivity index (χ3v) is 4.75. The molecule has 12 heavy (non-hydrogen) atoms. The van der Waals surface area contributed by atoms with Gasteiger partial charge in [0.05, 0.1) is 11.4 Å². The summed E-state index contributed by atoms with van der Waals surface area (Å²) in [5.74, 6) is 0.168. The number of fused-ring (bicyclic) bond motifs is 1. The first-order valence-electron chi connectivity index (χ1n) is 4.14. The van der Waals surface area contributed by atoms with Gasteiger partial charge in [0.15, 0.2) is 0 Å². The Morgan fingerprint density at radius 2 is 2.17 bits per heavy atom. The predicted molar refractivity (Wildman–Crippen MR) is 45.6 cm³/mol. The first kappa shape index (κ1) is 8.78. The Bertz CT molecular complexity index is 274. The van der Waals surface area contributed by atoms with Gasteiger partial charge in [-0.05, 0) is 19.3 Å². The zero-order chi connectivity index (χ0) is 8.77. The average Bonchev–Trinajstić information content (AvgIpc) is 1.88. The molecule has 1 aliphatic heterocycles. The number of rotatable bonds is 1.